The zero-order valence-corrected chi connectivity index (χ0v) is 12.1. The molecule has 1 amide bonds. The molecule has 0 radical (unpaired) electrons. The molecule has 5 nitrogen and oxygen atoms in total. The minimum Gasteiger partial charge on any atom is -0.480 e. The lowest BCUT2D eigenvalue weighted by atomic mass is 9.89. The van der Waals surface area contributed by atoms with Gasteiger partial charge in [0.2, 0.25) is 5.91 Å². The topological polar surface area (TPSA) is 69.6 Å². The first-order chi connectivity index (χ1) is 10.1. The van der Waals surface area contributed by atoms with Crippen molar-refractivity contribution >= 4 is 17.6 Å². The number of nitrogens with one attached hydrogen (secondary N) is 1. The SMILES string of the molecule is CC1CCCN(C(=O)C2CNc3ccccc32)C1C(=O)O. The van der Waals surface area contributed by atoms with Crippen LogP contribution in [0.15, 0.2) is 24.3 Å². The van der Waals surface area contributed by atoms with Crippen molar-refractivity contribution in [3.05, 3.63) is 29.8 Å². The predicted molar refractivity (Wildman–Crippen MR) is 79.2 cm³/mol. The van der Waals surface area contributed by atoms with Crippen LogP contribution in [0.1, 0.15) is 31.2 Å². The molecular formula is C16H20N2O3. The van der Waals surface area contributed by atoms with Crippen LogP contribution in [-0.4, -0.2) is 41.0 Å². The van der Waals surface area contributed by atoms with Crippen molar-refractivity contribution in [2.45, 2.75) is 31.7 Å². The Balaban J connectivity index is 1.86. The fraction of sp³-hybridized carbons (Fsp3) is 0.500. The Morgan fingerprint density at radius 2 is 2.10 bits per heavy atom. The zero-order valence-electron chi connectivity index (χ0n) is 12.1. The van der Waals surface area contributed by atoms with Crippen molar-refractivity contribution in [2.75, 3.05) is 18.4 Å². The van der Waals surface area contributed by atoms with Gasteiger partial charge in [-0.15, -0.1) is 0 Å². The molecule has 2 N–H and O–H groups in total. The van der Waals surface area contributed by atoms with Crippen molar-refractivity contribution in [2.24, 2.45) is 5.92 Å². The highest BCUT2D eigenvalue weighted by Crippen LogP contribution is 2.34. The average Bonchev–Trinajstić information content (AvgIpc) is 2.89. The summed E-state index contributed by atoms with van der Waals surface area (Å²) in [6, 6.07) is 7.05. The number of piperidine rings is 1. The first-order valence-corrected chi connectivity index (χ1v) is 7.45. The van der Waals surface area contributed by atoms with E-state index in [-0.39, 0.29) is 17.7 Å². The fourth-order valence-electron chi connectivity index (χ4n) is 3.52. The molecule has 5 heteroatoms. The summed E-state index contributed by atoms with van der Waals surface area (Å²) in [5, 5.41) is 12.7. The van der Waals surface area contributed by atoms with E-state index in [1.54, 1.807) is 4.90 Å². The summed E-state index contributed by atoms with van der Waals surface area (Å²) in [6.45, 7) is 3.01. The first-order valence-electron chi connectivity index (χ1n) is 7.45. The van der Waals surface area contributed by atoms with Gasteiger partial charge in [0.05, 0.1) is 5.92 Å². The number of fused-ring (bicyclic) bond motifs is 1. The van der Waals surface area contributed by atoms with Crippen LogP contribution in [0.25, 0.3) is 0 Å². The number of hydrogen-bond donors (Lipinski definition) is 2. The van der Waals surface area contributed by atoms with Gasteiger partial charge in [-0.2, -0.15) is 0 Å². The van der Waals surface area contributed by atoms with Gasteiger partial charge >= 0.3 is 5.97 Å². The number of amides is 1. The molecule has 1 aromatic rings. The molecule has 0 spiro atoms. The molecule has 21 heavy (non-hydrogen) atoms. The third-order valence-electron chi connectivity index (χ3n) is 4.60. The fourth-order valence-corrected chi connectivity index (χ4v) is 3.52. The van der Waals surface area contributed by atoms with Gasteiger partial charge in [-0.05, 0) is 30.4 Å². The van der Waals surface area contributed by atoms with Crippen molar-refractivity contribution < 1.29 is 14.7 Å². The van der Waals surface area contributed by atoms with Gasteiger partial charge in [0.25, 0.3) is 0 Å². The zero-order chi connectivity index (χ0) is 15.0. The van der Waals surface area contributed by atoms with Crippen LogP contribution in [0.2, 0.25) is 0 Å². The van der Waals surface area contributed by atoms with Crippen LogP contribution in [0, 0.1) is 5.92 Å². The van der Waals surface area contributed by atoms with E-state index in [0.29, 0.717) is 13.1 Å². The van der Waals surface area contributed by atoms with Crippen molar-refractivity contribution in [3.63, 3.8) is 0 Å². The highest BCUT2D eigenvalue weighted by molar-refractivity contribution is 5.91. The van der Waals surface area contributed by atoms with Crippen molar-refractivity contribution in [1.29, 1.82) is 0 Å². The average molecular weight is 288 g/mol. The summed E-state index contributed by atoms with van der Waals surface area (Å²) in [4.78, 5) is 26.0. The highest BCUT2D eigenvalue weighted by atomic mass is 16.4. The second-order valence-corrected chi connectivity index (χ2v) is 5.95. The van der Waals surface area contributed by atoms with E-state index >= 15 is 0 Å². The molecule has 3 atom stereocenters. The summed E-state index contributed by atoms with van der Waals surface area (Å²) >= 11 is 0. The Bertz CT molecular complexity index is 572. The molecule has 112 valence electrons. The number of carbonyl (C=O) groups excluding carboxylic acids is 1. The van der Waals surface area contributed by atoms with Gasteiger partial charge in [0, 0.05) is 18.8 Å². The van der Waals surface area contributed by atoms with Crippen molar-refractivity contribution in [3.8, 4) is 0 Å². The van der Waals surface area contributed by atoms with Crippen LogP contribution in [0.4, 0.5) is 5.69 Å². The molecule has 1 saturated heterocycles. The van der Waals surface area contributed by atoms with E-state index in [0.717, 1.165) is 24.1 Å². The number of carboxylic acid groups (broad SMARTS) is 1. The molecule has 2 aliphatic heterocycles. The Kier molecular flexibility index (Phi) is 3.57. The third kappa shape index (κ3) is 2.37. The second kappa shape index (κ2) is 5.39. The summed E-state index contributed by atoms with van der Waals surface area (Å²) in [5.74, 6) is -1.22. The minimum atomic E-state index is -0.894. The normalized spacial score (nSPS) is 27.9. The molecule has 1 aromatic carbocycles. The number of nitrogens with zero attached hydrogens (tertiary/aromatic N) is 1. The van der Waals surface area contributed by atoms with Crippen LogP contribution in [0.3, 0.4) is 0 Å². The number of rotatable bonds is 2. The molecule has 0 aliphatic carbocycles. The largest absolute Gasteiger partial charge is 0.480 e. The monoisotopic (exact) mass is 288 g/mol. The Labute approximate surface area is 123 Å². The number of aliphatic carboxylic acids is 1. The number of carboxylic acids is 1. The Morgan fingerprint density at radius 3 is 2.86 bits per heavy atom. The molecular weight excluding hydrogens is 268 g/mol. The molecule has 0 aromatic heterocycles. The molecule has 3 rings (SSSR count). The lowest BCUT2D eigenvalue weighted by Crippen LogP contribution is -2.53. The van der Waals surface area contributed by atoms with Gasteiger partial charge in [-0.3, -0.25) is 4.79 Å². The van der Waals surface area contributed by atoms with Gasteiger partial charge < -0.3 is 15.3 Å². The number of para-hydroxylation sites is 1. The van der Waals surface area contributed by atoms with Crippen LogP contribution in [0.5, 0.6) is 0 Å². The molecule has 1 fully saturated rings. The summed E-state index contributed by atoms with van der Waals surface area (Å²) in [5.41, 5.74) is 1.96. The highest BCUT2D eigenvalue weighted by Gasteiger charge is 2.41. The number of anilines is 1. The van der Waals surface area contributed by atoms with Crippen molar-refractivity contribution in [1.82, 2.24) is 4.90 Å². The quantitative estimate of drug-likeness (QED) is 0.872. The number of benzene rings is 1. The van der Waals surface area contributed by atoms with Gasteiger partial charge in [-0.1, -0.05) is 25.1 Å². The lowest BCUT2D eigenvalue weighted by Gasteiger charge is -2.38. The molecule has 2 heterocycles. The van der Waals surface area contributed by atoms with Gasteiger partial charge in [0.1, 0.15) is 6.04 Å². The van der Waals surface area contributed by atoms with Crippen LogP contribution < -0.4 is 5.32 Å². The van der Waals surface area contributed by atoms with Crippen LogP contribution in [-0.2, 0) is 9.59 Å². The predicted octanol–water partition coefficient (Wildman–Crippen LogP) is 1.91. The smallest absolute Gasteiger partial charge is 0.326 e. The van der Waals surface area contributed by atoms with E-state index in [1.807, 2.05) is 31.2 Å². The maximum atomic E-state index is 12.8. The summed E-state index contributed by atoms with van der Waals surface area (Å²) < 4.78 is 0. The van der Waals surface area contributed by atoms with E-state index in [2.05, 4.69) is 5.32 Å². The molecule has 0 bridgehead atoms. The molecule has 2 aliphatic rings. The lowest BCUT2D eigenvalue weighted by molar-refractivity contribution is -0.155. The summed E-state index contributed by atoms with van der Waals surface area (Å²) in [7, 11) is 0. The van der Waals surface area contributed by atoms with E-state index < -0.39 is 12.0 Å². The number of carbonyl (C=O) groups is 2. The Morgan fingerprint density at radius 1 is 1.33 bits per heavy atom. The number of hydrogen-bond acceptors (Lipinski definition) is 3. The minimum absolute atomic E-state index is 0.00445. The number of likely N-dealkylation sites (tertiary alicyclic amines) is 1. The standard InChI is InChI=1S/C16H20N2O3/c1-10-5-4-8-18(14(10)16(20)21)15(19)12-9-17-13-7-3-2-6-11(12)13/h2-3,6-7,10,12,14,17H,4-5,8-9H2,1H3,(H,20,21). The molecule has 3 unspecified atom stereocenters. The van der Waals surface area contributed by atoms with E-state index in [1.165, 1.54) is 0 Å². The first kappa shape index (κ1) is 13.9. The third-order valence-corrected chi connectivity index (χ3v) is 4.60. The van der Waals surface area contributed by atoms with E-state index in [4.69, 9.17) is 0 Å². The van der Waals surface area contributed by atoms with Gasteiger partial charge in [0.15, 0.2) is 0 Å². The summed E-state index contributed by atoms with van der Waals surface area (Å²) in [6.07, 6.45) is 1.73. The second-order valence-electron chi connectivity index (χ2n) is 5.95. The van der Waals surface area contributed by atoms with Gasteiger partial charge in [-0.25, -0.2) is 4.79 Å². The van der Waals surface area contributed by atoms with Crippen LogP contribution >= 0.6 is 0 Å². The maximum absolute atomic E-state index is 12.8. The van der Waals surface area contributed by atoms with E-state index in [9.17, 15) is 14.7 Å². The molecule has 0 saturated carbocycles. The Hall–Kier alpha value is -2.04. The maximum Gasteiger partial charge on any atom is 0.326 e.